The van der Waals surface area contributed by atoms with E-state index in [2.05, 4.69) is 18.6 Å². The number of carbonyl (C=O) groups is 1. The average Bonchev–Trinajstić information content (AvgIpc) is 2.84. The van der Waals surface area contributed by atoms with Crippen LogP contribution in [0.2, 0.25) is 0 Å². The van der Waals surface area contributed by atoms with Gasteiger partial charge < -0.3 is 10.6 Å². The van der Waals surface area contributed by atoms with Gasteiger partial charge in [-0.05, 0) is 12.8 Å². The van der Waals surface area contributed by atoms with Gasteiger partial charge in [-0.25, -0.2) is 14.8 Å². The zero-order valence-corrected chi connectivity index (χ0v) is 16.2. The Morgan fingerprint density at radius 3 is 2.37 bits per heavy atom. The quantitative estimate of drug-likeness (QED) is 0.245. The molecule has 2 saturated heterocycles. The summed E-state index contributed by atoms with van der Waals surface area (Å²) in [5.41, 5.74) is 4.44. The molecule has 0 radical (unpaired) electrons. The number of amides is 2. The fraction of sp³-hybridized carbons (Fsp3) is 0.500. The first-order chi connectivity index (χ1) is 13.7. The molecule has 3 heterocycles. The van der Waals surface area contributed by atoms with Crippen molar-refractivity contribution in [3.8, 4) is 0 Å². The highest BCUT2D eigenvalue weighted by molar-refractivity contribution is 7.90. The number of nitrogens with zero attached hydrogens (tertiary/aromatic N) is 5. The number of urea groups is 1. The summed E-state index contributed by atoms with van der Waals surface area (Å²) in [5, 5.41) is -0.605. The molecule has 2 aliphatic heterocycles. The lowest BCUT2D eigenvalue weighted by Crippen LogP contribution is -2.48. The van der Waals surface area contributed by atoms with Crippen molar-refractivity contribution in [3.05, 3.63) is 18.0 Å². The first-order valence-electron chi connectivity index (χ1n) is 7.95. The SMILES string of the molecule is N/C(=N\S(=O)(=O)c1ncc(C(F)(F)F)cn1)[C@@H]1CC[C@@H]2CN1C(=O)N2OS(=O)(=O)O. The second kappa shape index (κ2) is 7.29. The number of halogens is 3. The van der Waals surface area contributed by atoms with Gasteiger partial charge in [0.1, 0.15) is 5.84 Å². The van der Waals surface area contributed by atoms with Crippen LogP contribution in [0.25, 0.3) is 0 Å². The van der Waals surface area contributed by atoms with Gasteiger partial charge in [-0.3, -0.25) is 4.55 Å². The highest BCUT2D eigenvalue weighted by Crippen LogP contribution is 2.31. The number of hydroxylamine groups is 2. The molecule has 0 aromatic carbocycles. The largest absolute Gasteiger partial charge is 0.419 e. The molecule has 0 unspecified atom stereocenters. The molecular formula is C12H13F3N6O7S2. The molecule has 2 aliphatic rings. The minimum atomic E-state index is -4.97. The van der Waals surface area contributed by atoms with Gasteiger partial charge in [0.05, 0.1) is 17.6 Å². The number of piperidine rings is 1. The first-order valence-corrected chi connectivity index (χ1v) is 10.8. The van der Waals surface area contributed by atoms with Crippen LogP contribution in [-0.4, -0.2) is 71.8 Å². The Kier molecular flexibility index (Phi) is 5.37. The van der Waals surface area contributed by atoms with E-state index in [-0.39, 0.29) is 31.8 Å². The molecule has 0 aliphatic carbocycles. The number of fused-ring (bicyclic) bond motifs is 2. The number of rotatable bonds is 5. The Morgan fingerprint density at radius 1 is 1.23 bits per heavy atom. The topological polar surface area (TPSA) is 185 Å². The lowest BCUT2D eigenvalue weighted by molar-refractivity contribution is -0.138. The smallest absolute Gasteiger partial charge is 0.385 e. The third-order valence-electron chi connectivity index (χ3n) is 4.25. The van der Waals surface area contributed by atoms with Crippen LogP contribution in [0.3, 0.4) is 0 Å². The van der Waals surface area contributed by atoms with E-state index in [1.807, 2.05) is 0 Å². The fourth-order valence-corrected chi connectivity index (χ4v) is 4.22. The zero-order chi connectivity index (χ0) is 22.5. The Balaban J connectivity index is 1.82. The number of aromatic nitrogens is 2. The third kappa shape index (κ3) is 4.45. The zero-order valence-electron chi connectivity index (χ0n) is 14.6. The van der Waals surface area contributed by atoms with Crippen LogP contribution in [0.5, 0.6) is 0 Å². The van der Waals surface area contributed by atoms with Gasteiger partial charge in [0.15, 0.2) is 0 Å². The van der Waals surface area contributed by atoms with E-state index in [0.717, 1.165) is 4.90 Å². The molecule has 18 heteroatoms. The predicted octanol–water partition coefficient (Wildman–Crippen LogP) is -0.456. The molecule has 13 nitrogen and oxygen atoms in total. The molecule has 3 rings (SSSR count). The summed E-state index contributed by atoms with van der Waals surface area (Å²) in [7, 11) is -9.67. The molecule has 2 amide bonds. The van der Waals surface area contributed by atoms with Crippen LogP contribution in [0.15, 0.2) is 21.9 Å². The van der Waals surface area contributed by atoms with Crippen LogP contribution < -0.4 is 5.73 Å². The average molecular weight is 474 g/mol. The molecule has 166 valence electrons. The molecule has 1 aromatic rings. The van der Waals surface area contributed by atoms with Crippen molar-refractivity contribution < 1.29 is 43.6 Å². The molecule has 3 N–H and O–H groups in total. The van der Waals surface area contributed by atoms with Crippen molar-refractivity contribution in [2.75, 3.05) is 6.54 Å². The minimum absolute atomic E-state index is 0.0699. The molecule has 30 heavy (non-hydrogen) atoms. The molecule has 2 bridgehead atoms. The van der Waals surface area contributed by atoms with Crippen molar-refractivity contribution in [1.29, 1.82) is 0 Å². The van der Waals surface area contributed by atoms with E-state index >= 15 is 0 Å². The number of hydrogen-bond donors (Lipinski definition) is 2. The summed E-state index contributed by atoms with van der Waals surface area (Å²) < 4.78 is 100. The molecule has 2 fully saturated rings. The number of nitrogens with two attached hydrogens (primary N) is 1. The maximum Gasteiger partial charge on any atom is 0.419 e. The third-order valence-corrected chi connectivity index (χ3v) is 5.72. The fourth-order valence-electron chi connectivity index (χ4n) is 2.98. The van der Waals surface area contributed by atoms with Crippen molar-refractivity contribution >= 4 is 32.3 Å². The second-order valence-electron chi connectivity index (χ2n) is 6.25. The number of carbonyl (C=O) groups excluding carboxylic acids is 1. The first kappa shape index (κ1) is 22.1. The van der Waals surface area contributed by atoms with Crippen molar-refractivity contribution in [1.82, 2.24) is 19.9 Å². The van der Waals surface area contributed by atoms with E-state index in [9.17, 15) is 34.8 Å². The van der Waals surface area contributed by atoms with Gasteiger partial charge in [-0.1, -0.05) is 0 Å². The molecule has 0 spiro atoms. The molecule has 2 atom stereocenters. The van der Waals surface area contributed by atoms with Crippen molar-refractivity contribution in [3.63, 3.8) is 0 Å². The summed E-state index contributed by atoms with van der Waals surface area (Å²) >= 11 is 0. The van der Waals surface area contributed by atoms with Crippen LogP contribution in [0.4, 0.5) is 18.0 Å². The second-order valence-corrected chi connectivity index (χ2v) is 8.76. The minimum Gasteiger partial charge on any atom is -0.385 e. The van der Waals surface area contributed by atoms with Crippen LogP contribution in [0, 0.1) is 0 Å². The predicted molar refractivity (Wildman–Crippen MR) is 89.2 cm³/mol. The Bertz CT molecular complexity index is 1090. The van der Waals surface area contributed by atoms with Gasteiger partial charge in [-0.2, -0.15) is 35.1 Å². The van der Waals surface area contributed by atoms with E-state index in [1.54, 1.807) is 0 Å². The summed E-state index contributed by atoms with van der Waals surface area (Å²) in [4.78, 5) is 19.6. The highest BCUT2D eigenvalue weighted by atomic mass is 32.3. The van der Waals surface area contributed by atoms with E-state index in [1.165, 1.54) is 0 Å². The van der Waals surface area contributed by atoms with Crippen LogP contribution in [0.1, 0.15) is 18.4 Å². The van der Waals surface area contributed by atoms with E-state index in [4.69, 9.17) is 10.3 Å². The van der Waals surface area contributed by atoms with Crippen molar-refractivity contribution in [2.45, 2.75) is 36.3 Å². The molecule has 1 aromatic heterocycles. The summed E-state index contributed by atoms with van der Waals surface area (Å²) in [6.07, 6.45) is -4.03. The van der Waals surface area contributed by atoms with E-state index < -0.39 is 61.3 Å². The van der Waals surface area contributed by atoms with Gasteiger partial charge in [0, 0.05) is 18.9 Å². The standard InChI is InChI=1S/C12H13F3N6O7S2/c13-12(14,15)6-3-17-10(18-4-6)29(23,24)19-9(16)8-2-1-7-5-20(8)11(22)21(7)28-30(25,26)27/h3-4,7-8H,1-2,5H2,(H2,16,19)(H,25,26,27)/t7-,8+/m1/s1. The summed E-state index contributed by atoms with van der Waals surface area (Å²) in [5.74, 6) is -0.584. The molecular weight excluding hydrogens is 461 g/mol. The van der Waals surface area contributed by atoms with Gasteiger partial charge in [-0.15, -0.1) is 8.68 Å². The van der Waals surface area contributed by atoms with Gasteiger partial charge in [0.2, 0.25) is 0 Å². The van der Waals surface area contributed by atoms with Crippen LogP contribution >= 0.6 is 0 Å². The van der Waals surface area contributed by atoms with Gasteiger partial charge in [0.25, 0.3) is 5.16 Å². The number of sulfonamides is 1. The maximum absolute atomic E-state index is 12.5. The lowest BCUT2D eigenvalue weighted by atomic mass is 10.0. The van der Waals surface area contributed by atoms with Crippen molar-refractivity contribution in [2.24, 2.45) is 10.1 Å². The summed E-state index contributed by atoms with van der Waals surface area (Å²) in [6.45, 7) is -0.0912. The number of hydrogen-bond acceptors (Lipinski definition) is 8. The Morgan fingerprint density at radius 2 is 1.83 bits per heavy atom. The number of amidine groups is 1. The maximum atomic E-state index is 12.5. The van der Waals surface area contributed by atoms with Crippen LogP contribution in [-0.2, 0) is 30.9 Å². The Labute approximate surface area is 167 Å². The lowest BCUT2D eigenvalue weighted by Gasteiger charge is -2.29. The van der Waals surface area contributed by atoms with Gasteiger partial charge >= 0.3 is 32.6 Å². The number of alkyl halides is 3. The Hall–Kier alpha value is -2.57. The highest BCUT2D eigenvalue weighted by Gasteiger charge is 2.48. The molecule has 0 saturated carbocycles. The summed E-state index contributed by atoms with van der Waals surface area (Å²) in [6, 6.07) is -2.81. The normalized spacial score (nSPS) is 23.2. The monoisotopic (exact) mass is 474 g/mol. The van der Waals surface area contributed by atoms with E-state index in [0.29, 0.717) is 5.06 Å².